The van der Waals surface area contributed by atoms with Gasteiger partial charge in [0.2, 0.25) is 0 Å². The molecule has 1 aromatic carbocycles. The number of carbonyl (C=O) groups excluding carboxylic acids is 1. The van der Waals surface area contributed by atoms with Crippen LogP contribution in [0.25, 0.3) is 0 Å². The molecule has 22 heavy (non-hydrogen) atoms. The normalized spacial score (nSPS) is 21.2. The number of hydrogen-bond acceptors (Lipinski definition) is 4. The van der Waals surface area contributed by atoms with Crippen LogP contribution in [0.15, 0.2) is 18.2 Å². The van der Waals surface area contributed by atoms with Gasteiger partial charge in [0.05, 0.1) is 12.8 Å². The van der Waals surface area contributed by atoms with Crippen molar-refractivity contribution in [1.82, 2.24) is 5.32 Å². The summed E-state index contributed by atoms with van der Waals surface area (Å²) in [6.45, 7) is 5.79. The molecule has 1 fully saturated rings. The van der Waals surface area contributed by atoms with Crippen molar-refractivity contribution in [1.29, 1.82) is 0 Å². The van der Waals surface area contributed by atoms with Gasteiger partial charge in [-0.05, 0) is 38.0 Å². The smallest absolute Gasteiger partial charge is 0.305 e. The van der Waals surface area contributed by atoms with Crippen molar-refractivity contribution in [3.63, 3.8) is 0 Å². The Labute approximate surface area is 137 Å². The molecular weight excluding hydrogens is 307 g/mol. The number of carbonyl (C=O) groups is 1. The Hall–Kier alpha value is -1.33. The number of ether oxygens (including phenoxy) is 1. The summed E-state index contributed by atoms with van der Waals surface area (Å²) in [5.74, 6) is -0.456. The number of halogens is 2. The molecule has 6 heteroatoms. The molecule has 2 atom stereocenters. The topological polar surface area (TPSA) is 41.6 Å². The molecule has 1 aromatic rings. The summed E-state index contributed by atoms with van der Waals surface area (Å²) in [7, 11) is 1.38. The summed E-state index contributed by atoms with van der Waals surface area (Å²) in [6, 6.07) is 5.65. The van der Waals surface area contributed by atoms with E-state index in [1.807, 2.05) is 6.07 Å². The van der Waals surface area contributed by atoms with Gasteiger partial charge in [-0.25, -0.2) is 4.39 Å². The number of anilines is 1. The van der Waals surface area contributed by atoms with Gasteiger partial charge in [0.15, 0.2) is 0 Å². The van der Waals surface area contributed by atoms with E-state index in [1.165, 1.54) is 13.2 Å². The summed E-state index contributed by atoms with van der Waals surface area (Å²) in [6.07, 6.45) is 0.880. The van der Waals surface area contributed by atoms with Gasteiger partial charge in [-0.2, -0.15) is 0 Å². The first-order valence-corrected chi connectivity index (χ1v) is 7.36. The van der Waals surface area contributed by atoms with Gasteiger partial charge >= 0.3 is 5.97 Å². The highest BCUT2D eigenvalue weighted by Gasteiger charge is 2.24. The Morgan fingerprint density at radius 2 is 2.18 bits per heavy atom. The Bertz CT molecular complexity index is 513. The second kappa shape index (κ2) is 8.34. The SMILES string of the molecule is COC(=O)CCc1ccc(F)c(N2C[C@H](C)NC[C@H]2C)c1.Cl. The lowest BCUT2D eigenvalue weighted by Crippen LogP contribution is -2.54. The average Bonchev–Trinajstić information content (AvgIpc) is 2.48. The molecule has 0 bridgehead atoms. The molecule has 0 amide bonds. The van der Waals surface area contributed by atoms with Crippen molar-refractivity contribution in [3.05, 3.63) is 29.6 Å². The maximum Gasteiger partial charge on any atom is 0.305 e. The van der Waals surface area contributed by atoms with E-state index in [0.29, 0.717) is 24.6 Å². The second-order valence-electron chi connectivity index (χ2n) is 5.67. The Morgan fingerprint density at radius 3 is 2.86 bits per heavy atom. The minimum atomic E-state index is -0.245. The number of piperazine rings is 1. The Morgan fingerprint density at radius 1 is 1.45 bits per heavy atom. The molecule has 0 spiro atoms. The van der Waals surface area contributed by atoms with Crippen LogP contribution in [-0.4, -0.2) is 38.3 Å². The summed E-state index contributed by atoms with van der Waals surface area (Å²) >= 11 is 0. The molecule has 2 rings (SSSR count). The maximum absolute atomic E-state index is 14.2. The lowest BCUT2D eigenvalue weighted by molar-refractivity contribution is -0.140. The monoisotopic (exact) mass is 330 g/mol. The molecule has 1 N–H and O–H groups in total. The number of nitrogens with zero attached hydrogens (tertiary/aromatic N) is 1. The van der Waals surface area contributed by atoms with Crippen LogP contribution in [0.4, 0.5) is 10.1 Å². The fourth-order valence-corrected chi connectivity index (χ4v) is 2.64. The molecular formula is C16H24ClFN2O2. The van der Waals surface area contributed by atoms with E-state index >= 15 is 0 Å². The van der Waals surface area contributed by atoms with Crippen LogP contribution in [0.3, 0.4) is 0 Å². The van der Waals surface area contributed by atoms with Crippen LogP contribution >= 0.6 is 12.4 Å². The van der Waals surface area contributed by atoms with E-state index in [0.717, 1.165) is 18.7 Å². The van der Waals surface area contributed by atoms with Gasteiger partial charge in [-0.15, -0.1) is 12.4 Å². The van der Waals surface area contributed by atoms with Crippen LogP contribution in [0.1, 0.15) is 25.8 Å². The first-order valence-electron chi connectivity index (χ1n) is 7.36. The fraction of sp³-hybridized carbons (Fsp3) is 0.562. The number of nitrogens with one attached hydrogen (secondary N) is 1. The first-order chi connectivity index (χ1) is 10.0. The number of rotatable bonds is 4. The predicted octanol–water partition coefficient (Wildman–Crippen LogP) is 2.54. The van der Waals surface area contributed by atoms with Gasteiger partial charge in [-0.3, -0.25) is 4.79 Å². The lowest BCUT2D eigenvalue weighted by Gasteiger charge is -2.39. The van der Waals surface area contributed by atoms with Crippen molar-refractivity contribution in [2.24, 2.45) is 0 Å². The lowest BCUT2D eigenvalue weighted by atomic mass is 10.1. The quantitative estimate of drug-likeness (QED) is 0.861. The zero-order valence-electron chi connectivity index (χ0n) is 13.3. The first kappa shape index (κ1) is 18.7. The zero-order chi connectivity index (χ0) is 15.4. The highest BCUT2D eigenvalue weighted by atomic mass is 35.5. The molecule has 0 saturated carbocycles. The highest BCUT2D eigenvalue weighted by Crippen LogP contribution is 2.25. The fourth-order valence-electron chi connectivity index (χ4n) is 2.64. The van der Waals surface area contributed by atoms with Gasteiger partial charge in [0.25, 0.3) is 0 Å². The average molecular weight is 331 g/mol. The molecule has 0 unspecified atom stereocenters. The highest BCUT2D eigenvalue weighted by molar-refractivity contribution is 5.85. The number of aryl methyl sites for hydroxylation is 1. The van der Waals surface area contributed by atoms with Gasteiger partial charge in [-0.1, -0.05) is 6.07 Å². The molecule has 1 aliphatic heterocycles. The van der Waals surface area contributed by atoms with Gasteiger partial charge in [0, 0.05) is 31.6 Å². The summed E-state index contributed by atoms with van der Waals surface area (Å²) in [5.41, 5.74) is 1.58. The van der Waals surface area contributed by atoms with Crippen LogP contribution in [0, 0.1) is 5.82 Å². The third-order valence-electron chi connectivity index (χ3n) is 3.93. The van der Waals surface area contributed by atoms with E-state index in [1.54, 1.807) is 6.07 Å². The van der Waals surface area contributed by atoms with E-state index in [4.69, 9.17) is 0 Å². The molecule has 1 saturated heterocycles. The maximum atomic E-state index is 14.2. The minimum absolute atomic E-state index is 0. The van der Waals surface area contributed by atoms with Crippen molar-refractivity contribution in [2.75, 3.05) is 25.1 Å². The van der Waals surface area contributed by atoms with Crippen LogP contribution in [-0.2, 0) is 16.0 Å². The third-order valence-corrected chi connectivity index (χ3v) is 3.93. The Balaban J connectivity index is 0.00000242. The van der Waals surface area contributed by atoms with Crippen LogP contribution in [0.2, 0.25) is 0 Å². The van der Waals surface area contributed by atoms with Gasteiger partial charge in [0.1, 0.15) is 5.82 Å². The van der Waals surface area contributed by atoms with E-state index in [9.17, 15) is 9.18 Å². The van der Waals surface area contributed by atoms with Crippen molar-refractivity contribution < 1.29 is 13.9 Å². The molecule has 1 aliphatic rings. The molecule has 0 aromatic heterocycles. The number of benzene rings is 1. The van der Waals surface area contributed by atoms with Crippen molar-refractivity contribution in [3.8, 4) is 0 Å². The molecule has 0 aliphatic carbocycles. The standard InChI is InChI=1S/C16H23FN2O2.ClH/c1-11-10-19(12(2)9-18-11)15-8-13(4-6-14(15)17)5-7-16(20)21-3;/h4,6,8,11-12,18H,5,7,9-10H2,1-3H3;1H/t11-,12+;/m0./s1. The van der Waals surface area contributed by atoms with Crippen molar-refractivity contribution >= 4 is 24.1 Å². The largest absolute Gasteiger partial charge is 0.469 e. The van der Waals surface area contributed by atoms with Crippen LogP contribution in [0.5, 0.6) is 0 Å². The number of esters is 1. The Kier molecular flexibility index (Phi) is 7.10. The second-order valence-corrected chi connectivity index (χ2v) is 5.67. The van der Waals surface area contributed by atoms with Crippen LogP contribution < -0.4 is 10.2 Å². The zero-order valence-corrected chi connectivity index (χ0v) is 14.1. The predicted molar refractivity (Wildman–Crippen MR) is 88.3 cm³/mol. The van der Waals surface area contributed by atoms with E-state index < -0.39 is 0 Å². The third kappa shape index (κ3) is 4.58. The molecule has 0 radical (unpaired) electrons. The summed E-state index contributed by atoms with van der Waals surface area (Å²) < 4.78 is 18.8. The molecule has 4 nitrogen and oxygen atoms in total. The minimum Gasteiger partial charge on any atom is -0.469 e. The van der Waals surface area contributed by atoms with E-state index in [-0.39, 0.29) is 30.2 Å². The van der Waals surface area contributed by atoms with E-state index in [2.05, 4.69) is 28.8 Å². The summed E-state index contributed by atoms with van der Waals surface area (Å²) in [5, 5.41) is 3.39. The molecule has 124 valence electrons. The number of methoxy groups -OCH3 is 1. The molecule has 1 heterocycles. The van der Waals surface area contributed by atoms with Crippen molar-refractivity contribution in [2.45, 2.75) is 38.8 Å². The van der Waals surface area contributed by atoms with Gasteiger partial charge < -0.3 is 15.0 Å². The number of hydrogen-bond donors (Lipinski definition) is 1. The summed E-state index contributed by atoms with van der Waals surface area (Å²) in [4.78, 5) is 13.3.